The Kier molecular flexibility index (Phi) is 6.08. The van der Waals surface area contributed by atoms with Crippen LogP contribution in [0.2, 0.25) is 0 Å². The number of hydrogen-bond donors (Lipinski definition) is 1. The first-order valence-corrected chi connectivity index (χ1v) is 11.6. The molecule has 1 fully saturated rings. The molecule has 1 N–H and O–H groups in total. The van der Waals surface area contributed by atoms with E-state index in [1.54, 1.807) is 13.8 Å². The number of fused-ring (bicyclic) bond motifs is 1. The third-order valence-electron chi connectivity index (χ3n) is 6.68. The van der Waals surface area contributed by atoms with Crippen LogP contribution in [-0.2, 0) is 10.3 Å². The maximum absolute atomic E-state index is 13.2. The van der Waals surface area contributed by atoms with Crippen LogP contribution in [0.15, 0.2) is 42.5 Å². The fraction of sp³-hybridized carbons (Fsp3) is 0.519. The SMILES string of the molecule is Cc1cc(C(=O)N2CCC3(CC2)C[C@H](OC(C)C)c2ccccc2O3)ccc1C(C)(C)O. The van der Waals surface area contributed by atoms with E-state index in [2.05, 4.69) is 19.9 Å². The number of piperidine rings is 1. The number of likely N-dealkylation sites (tertiary alicyclic amines) is 1. The molecule has 2 aliphatic rings. The molecule has 5 heteroatoms. The van der Waals surface area contributed by atoms with E-state index in [0.29, 0.717) is 18.7 Å². The summed E-state index contributed by atoms with van der Waals surface area (Å²) in [4.78, 5) is 15.1. The van der Waals surface area contributed by atoms with Gasteiger partial charge in [-0.15, -0.1) is 0 Å². The lowest BCUT2D eigenvalue weighted by Crippen LogP contribution is -2.52. The maximum atomic E-state index is 13.2. The van der Waals surface area contributed by atoms with Gasteiger partial charge in [0.05, 0.1) is 17.8 Å². The summed E-state index contributed by atoms with van der Waals surface area (Å²) in [5, 5.41) is 10.3. The number of benzene rings is 2. The molecular formula is C27H35NO4. The predicted octanol–water partition coefficient (Wildman–Crippen LogP) is 5.15. The minimum Gasteiger partial charge on any atom is -0.487 e. The average Bonchev–Trinajstić information content (AvgIpc) is 2.72. The number of rotatable bonds is 4. The van der Waals surface area contributed by atoms with Crippen LogP contribution in [0.3, 0.4) is 0 Å². The van der Waals surface area contributed by atoms with Crippen molar-refractivity contribution >= 4 is 5.91 Å². The summed E-state index contributed by atoms with van der Waals surface area (Å²) in [6.45, 7) is 10.9. The van der Waals surface area contributed by atoms with Crippen LogP contribution in [0.1, 0.15) is 80.1 Å². The van der Waals surface area contributed by atoms with Crippen LogP contribution >= 0.6 is 0 Å². The van der Waals surface area contributed by atoms with E-state index in [1.807, 2.05) is 48.2 Å². The highest BCUT2D eigenvalue weighted by Crippen LogP contribution is 2.46. The number of amides is 1. The van der Waals surface area contributed by atoms with E-state index in [1.165, 1.54) is 0 Å². The zero-order valence-corrected chi connectivity index (χ0v) is 19.9. The second kappa shape index (κ2) is 8.53. The van der Waals surface area contributed by atoms with Gasteiger partial charge in [-0.3, -0.25) is 4.79 Å². The van der Waals surface area contributed by atoms with Crippen molar-refractivity contribution in [1.82, 2.24) is 4.90 Å². The topological polar surface area (TPSA) is 59.0 Å². The summed E-state index contributed by atoms with van der Waals surface area (Å²) in [6.07, 6.45) is 2.53. The van der Waals surface area contributed by atoms with Gasteiger partial charge in [-0.1, -0.05) is 24.3 Å². The van der Waals surface area contributed by atoms with Crippen molar-refractivity contribution in [3.63, 3.8) is 0 Å². The largest absolute Gasteiger partial charge is 0.487 e. The normalized spacial score (nSPS) is 20.2. The first-order chi connectivity index (χ1) is 15.1. The zero-order valence-electron chi connectivity index (χ0n) is 19.9. The van der Waals surface area contributed by atoms with Gasteiger partial charge in [0.1, 0.15) is 11.4 Å². The molecule has 0 saturated carbocycles. The first kappa shape index (κ1) is 22.8. The molecule has 1 amide bonds. The Morgan fingerprint density at radius 1 is 1.19 bits per heavy atom. The van der Waals surface area contributed by atoms with Gasteiger partial charge in [0.25, 0.3) is 5.91 Å². The van der Waals surface area contributed by atoms with Crippen molar-refractivity contribution in [2.45, 2.75) is 77.3 Å². The third-order valence-corrected chi connectivity index (χ3v) is 6.68. The number of para-hydroxylation sites is 1. The van der Waals surface area contributed by atoms with E-state index in [0.717, 1.165) is 41.7 Å². The Morgan fingerprint density at radius 3 is 2.50 bits per heavy atom. The fourth-order valence-electron chi connectivity index (χ4n) is 5.10. The molecule has 1 saturated heterocycles. The van der Waals surface area contributed by atoms with Crippen LogP contribution in [0.25, 0.3) is 0 Å². The number of aryl methyl sites for hydroxylation is 1. The van der Waals surface area contributed by atoms with Crippen molar-refractivity contribution in [3.8, 4) is 5.75 Å². The Labute approximate surface area is 191 Å². The van der Waals surface area contributed by atoms with Gasteiger partial charge in [0.2, 0.25) is 0 Å². The lowest BCUT2D eigenvalue weighted by atomic mass is 9.81. The van der Waals surface area contributed by atoms with Crippen LogP contribution in [0, 0.1) is 6.92 Å². The molecule has 2 heterocycles. The number of aliphatic hydroxyl groups is 1. The monoisotopic (exact) mass is 437 g/mol. The molecule has 0 bridgehead atoms. The lowest BCUT2D eigenvalue weighted by Gasteiger charge is -2.47. The average molecular weight is 438 g/mol. The Balaban J connectivity index is 1.48. The molecule has 0 radical (unpaired) electrons. The zero-order chi connectivity index (χ0) is 23.1. The summed E-state index contributed by atoms with van der Waals surface area (Å²) >= 11 is 0. The van der Waals surface area contributed by atoms with Gasteiger partial charge in [-0.2, -0.15) is 0 Å². The summed E-state index contributed by atoms with van der Waals surface area (Å²) in [5.74, 6) is 0.943. The van der Waals surface area contributed by atoms with Gasteiger partial charge in [-0.25, -0.2) is 0 Å². The van der Waals surface area contributed by atoms with E-state index in [-0.39, 0.29) is 23.7 Å². The highest BCUT2D eigenvalue weighted by atomic mass is 16.5. The maximum Gasteiger partial charge on any atom is 0.253 e. The minimum absolute atomic E-state index is 0.0132. The van der Waals surface area contributed by atoms with Gasteiger partial charge in [-0.05, 0) is 63.9 Å². The van der Waals surface area contributed by atoms with Crippen LogP contribution in [0.5, 0.6) is 5.75 Å². The fourth-order valence-corrected chi connectivity index (χ4v) is 5.10. The molecule has 4 rings (SSSR count). The predicted molar refractivity (Wildman–Crippen MR) is 125 cm³/mol. The summed E-state index contributed by atoms with van der Waals surface area (Å²) < 4.78 is 12.8. The standard InChI is InChI=1S/C27H35NO4/c1-18(2)31-24-17-27(32-23-9-7-6-8-21(23)24)12-14-28(15-13-27)25(29)20-10-11-22(19(3)16-20)26(4,5)30/h6-11,16,18,24,30H,12-15,17H2,1-5H3/t24-/m0/s1. The quantitative estimate of drug-likeness (QED) is 0.719. The molecule has 0 unspecified atom stereocenters. The first-order valence-electron chi connectivity index (χ1n) is 11.6. The van der Waals surface area contributed by atoms with Crippen molar-refractivity contribution < 1.29 is 19.4 Å². The lowest BCUT2D eigenvalue weighted by molar-refractivity contribution is -0.0872. The number of ether oxygens (including phenoxy) is 2. The molecule has 5 nitrogen and oxygen atoms in total. The minimum atomic E-state index is -0.924. The van der Waals surface area contributed by atoms with Crippen LogP contribution in [-0.4, -0.2) is 40.7 Å². The smallest absolute Gasteiger partial charge is 0.253 e. The third kappa shape index (κ3) is 4.55. The van der Waals surface area contributed by atoms with E-state index >= 15 is 0 Å². The number of hydrogen-bond acceptors (Lipinski definition) is 4. The molecule has 1 spiro atoms. The molecular weight excluding hydrogens is 402 g/mol. The van der Waals surface area contributed by atoms with Crippen molar-refractivity contribution in [1.29, 1.82) is 0 Å². The highest BCUT2D eigenvalue weighted by Gasteiger charge is 2.44. The van der Waals surface area contributed by atoms with Gasteiger partial charge in [0, 0.05) is 43.5 Å². The molecule has 0 aliphatic carbocycles. The highest BCUT2D eigenvalue weighted by molar-refractivity contribution is 5.94. The van der Waals surface area contributed by atoms with Crippen molar-refractivity contribution in [2.75, 3.05) is 13.1 Å². The number of carbonyl (C=O) groups excluding carboxylic acids is 1. The number of carbonyl (C=O) groups is 1. The molecule has 2 aromatic rings. The molecule has 0 aromatic heterocycles. The molecule has 1 atom stereocenters. The van der Waals surface area contributed by atoms with Crippen LogP contribution in [0.4, 0.5) is 0 Å². The summed E-state index contributed by atoms with van der Waals surface area (Å²) in [7, 11) is 0. The Hall–Kier alpha value is -2.37. The summed E-state index contributed by atoms with van der Waals surface area (Å²) in [5.41, 5.74) is 2.34. The molecule has 2 aromatic carbocycles. The molecule has 2 aliphatic heterocycles. The second-order valence-corrected chi connectivity index (χ2v) is 10.1. The Bertz CT molecular complexity index is 983. The van der Waals surface area contributed by atoms with Gasteiger partial charge >= 0.3 is 0 Å². The molecule has 32 heavy (non-hydrogen) atoms. The van der Waals surface area contributed by atoms with Crippen molar-refractivity contribution in [3.05, 3.63) is 64.7 Å². The molecule has 172 valence electrons. The second-order valence-electron chi connectivity index (χ2n) is 10.1. The number of nitrogens with zero attached hydrogens (tertiary/aromatic N) is 1. The van der Waals surface area contributed by atoms with Crippen LogP contribution < -0.4 is 4.74 Å². The van der Waals surface area contributed by atoms with E-state index in [4.69, 9.17) is 9.47 Å². The van der Waals surface area contributed by atoms with E-state index < -0.39 is 5.60 Å². The van der Waals surface area contributed by atoms with Gasteiger partial charge in [0.15, 0.2) is 0 Å². The van der Waals surface area contributed by atoms with Crippen molar-refractivity contribution in [2.24, 2.45) is 0 Å². The summed E-state index contributed by atoms with van der Waals surface area (Å²) in [6, 6.07) is 13.7. The van der Waals surface area contributed by atoms with E-state index in [9.17, 15) is 9.90 Å². The Morgan fingerprint density at radius 2 is 1.88 bits per heavy atom. The van der Waals surface area contributed by atoms with Gasteiger partial charge < -0.3 is 19.5 Å².